The highest BCUT2D eigenvalue weighted by atomic mass is 79.9. The summed E-state index contributed by atoms with van der Waals surface area (Å²) < 4.78 is 33.9. The lowest BCUT2D eigenvalue weighted by Gasteiger charge is -2.09. The Morgan fingerprint density at radius 1 is 1.09 bits per heavy atom. The standard InChI is InChI=1S/C24H22BrN3O4S/c1-3-14-32-23-13-8-20(25)15-19(23)16-26-27-24(29)18-6-9-21(10-7-18)28-33(30,31)22-11-4-17(2)5-12-22/h3-13,15-16,28H,1,14H2,2H3,(H,27,29). The van der Waals surface area contributed by atoms with E-state index in [0.29, 0.717) is 29.2 Å². The van der Waals surface area contributed by atoms with Crippen molar-refractivity contribution in [2.75, 3.05) is 11.3 Å². The summed E-state index contributed by atoms with van der Waals surface area (Å²) in [6, 6.07) is 18.0. The molecular weight excluding hydrogens is 506 g/mol. The molecule has 9 heteroatoms. The van der Waals surface area contributed by atoms with Crippen molar-refractivity contribution in [1.82, 2.24) is 5.43 Å². The lowest BCUT2D eigenvalue weighted by molar-refractivity contribution is 0.0955. The molecule has 3 aromatic carbocycles. The van der Waals surface area contributed by atoms with E-state index in [1.165, 1.54) is 42.6 Å². The number of hydrogen-bond acceptors (Lipinski definition) is 5. The molecule has 0 aromatic heterocycles. The summed E-state index contributed by atoms with van der Waals surface area (Å²) in [4.78, 5) is 12.6. The van der Waals surface area contributed by atoms with E-state index in [2.05, 4.69) is 37.8 Å². The van der Waals surface area contributed by atoms with Crippen molar-refractivity contribution >= 4 is 43.8 Å². The first-order chi connectivity index (χ1) is 15.8. The molecule has 1 amide bonds. The summed E-state index contributed by atoms with van der Waals surface area (Å²) in [5, 5.41) is 3.99. The zero-order valence-electron chi connectivity index (χ0n) is 17.8. The third kappa shape index (κ3) is 6.77. The monoisotopic (exact) mass is 527 g/mol. The first-order valence-electron chi connectivity index (χ1n) is 9.85. The van der Waals surface area contributed by atoms with E-state index in [4.69, 9.17) is 4.74 Å². The number of carbonyl (C=O) groups excluding carboxylic acids is 1. The molecule has 3 aromatic rings. The topological polar surface area (TPSA) is 96.9 Å². The van der Waals surface area contributed by atoms with Crippen LogP contribution < -0.4 is 14.9 Å². The number of benzene rings is 3. The summed E-state index contributed by atoms with van der Waals surface area (Å²) in [6.07, 6.45) is 3.11. The van der Waals surface area contributed by atoms with Gasteiger partial charge in [0.1, 0.15) is 12.4 Å². The van der Waals surface area contributed by atoms with Gasteiger partial charge in [0, 0.05) is 21.3 Å². The number of rotatable bonds is 9. The van der Waals surface area contributed by atoms with Gasteiger partial charge in [-0.25, -0.2) is 13.8 Å². The molecule has 0 saturated heterocycles. The molecule has 0 aliphatic carbocycles. The molecule has 7 nitrogen and oxygen atoms in total. The van der Waals surface area contributed by atoms with Gasteiger partial charge < -0.3 is 4.74 Å². The SMILES string of the molecule is C=CCOc1ccc(Br)cc1C=NNC(=O)c1ccc(NS(=O)(=O)c2ccc(C)cc2)cc1. The van der Waals surface area contributed by atoms with E-state index >= 15 is 0 Å². The lowest BCUT2D eigenvalue weighted by Crippen LogP contribution is -2.18. The molecule has 0 spiro atoms. The van der Waals surface area contributed by atoms with Gasteiger partial charge in [0.25, 0.3) is 15.9 Å². The molecule has 3 rings (SSSR count). The van der Waals surface area contributed by atoms with Crippen molar-refractivity contribution < 1.29 is 17.9 Å². The number of halogens is 1. The van der Waals surface area contributed by atoms with Crippen LogP contribution in [0.1, 0.15) is 21.5 Å². The van der Waals surface area contributed by atoms with Crippen LogP contribution in [0.5, 0.6) is 5.75 Å². The van der Waals surface area contributed by atoms with Crippen molar-refractivity contribution in [3.05, 3.63) is 101 Å². The van der Waals surface area contributed by atoms with Crippen LogP contribution in [0.15, 0.2) is 93.9 Å². The van der Waals surface area contributed by atoms with Crippen molar-refractivity contribution in [2.45, 2.75) is 11.8 Å². The maximum Gasteiger partial charge on any atom is 0.271 e. The molecule has 33 heavy (non-hydrogen) atoms. The number of ether oxygens (including phenoxy) is 1. The predicted octanol–water partition coefficient (Wildman–Crippen LogP) is 4.89. The Balaban J connectivity index is 1.64. The summed E-state index contributed by atoms with van der Waals surface area (Å²) >= 11 is 3.39. The number of hydrazone groups is 1. The second-order valence-electron chi connectivity index (χ2n) is 6.98. The number of nitrogens with zero attached hydrogens (tertiary/aromatic N) is 1. The second-order valence-corrected chi connectivity index (χ2v) is 9.57. The van der Waals surface area contributed by atoms with E-state index in [0.717, 1.165) is 10.0 Å². The van der Waals surface area contributed by atoms with Crippen LogP contribution in [0, 0.1) is 6.92 Å². The van der Waals surface area contributed by atoms with Gasteiger partial charge in [-0.3, -0.25) is 9.52 Å². The van der Waals surface area contributed by atoms with Crippen LogP contribution in [-0.2, 0) is 10.0 Å². The minimum atomic E-state index is -3.72. The first-order valence-corrected chi connectivity index (χ1v) is 12.1. The quantitative estimate of drug-likeness (QED) is 0.235. The normalized spacial score (nSPS) is 11.2. The lowest BCUT2D eigenvalue weighted by atomic mass is 10.2. The molecule has 0 aliphatic heterocycles. The van der Waals surface area contributed by atoms with Gasteiger partial charge in [0.2, 0.25) is 0 Å². The molecular formula is C24H22BrN3O4S. The molecule has 0 radical (unpaired) electrons. The second kappa shape index (κ2) is 10.9. The maximum atomic E-state index is 12.5. The average Bonchev–Trinajstić information content (AvgIpc) is 2.79. The van der Waals surface area contributed by atoms with Crippen LogP contribution in [0.4, 0.5) is 5.69 Å². The van der Waals surface area contributed by atoms with Crippen molar-refractivity contribution in [1.29, 1.82) is 0 Å². The zero-order valence-corrected chi connectivity index (χ0v) is 20.2. The van der Waals surface area contributed by atoms with Crippen molar-refractivity contribution in [2.24, 2.45) is 5.10 Å². The summed E-state index contributed by atoms with van der Waals surface area (Å²) in [7, 11) is -3.72. The van der Waals surface area contributed by atoms with Crippen LogP contribution in [0.2, 0.25) is 0 Å². The molecule has 0 fully saturated rings. The van der Waals surface area contributed by atoms with Crippen LogP contribution >= 0.6 is 15.9 Å². The molecule has 0 unspecified atom stereocenters. The fourth-order valence-corrected chi connectivity index (χ4v) is 4.18. The molecule has 0 heterocycles. The highest BCUT2D eigenvalue weighted by Crippen LogP contribution is 2.22. The Hall–Kier alpha value is -3.43. The van der Waals surface area contributed by atoms with E-state index in [-0.39, 0.29) is 4.90 Å². The number of sulfonamides is 1. The number of nitrogens with one attached hydrogen (secondary N) is 2. The van der Waals surface area contributed by atoms with Gasteiger partial charge in [-0.15, -0.1) is 0 Å². The largest absolute Gasteiger partial charge is 0.489 e. The first kappa shape index (κ1) is 24.2. The minimum Gasteiger partial charge on any atom is -0.489 e. The summed E-state index contributed by atoms with van der Waals surface area (Å²) in [5.74, 6) is 0.157. The van der Waals surface area contributed by atoms with E-state index in [1.807, 2.05) is 19.1 Å². The van der Waals surface area contributed by atoms with Gasteiger partial charge in [0.15, 0.2) is 0 Å². The third-order valence-electron chi connectivity index (χ3n) is 4.43. The summed E-state index contributed by atoms with van der Waals surface area (Å²) in [5.41, 5.74) is 4.75. The van der Waals surface area contributed by atoms with Gasteiger partial charge in [-0.2, -0.15) is 5.10 Å². The van der Waals surface area contributed by atoms with Crippen LogP contribution in [0.3, 0.4) is 0 Å². The minimum absolute atomic E-state index is 0.160. The Morgan fingerprint density at radius 3 is 2.45 bits per heavy atom. The molecule has 0 bridgehead atoms. The van der Waals surface area contributed by atoms with Crippen LogP contribution in [0.25, 0.3) is 0 Å². The van der Waals surface area contributed by atoms with Crippen LogP contribution in [-0.4, -0.2) is 27.1 Å². The number of aryl methyl sites for hydroxylation is 1. The van der Waals surface area contributed by atoms with Crippen molar-refractivity contribution in [3.63, 3.8) is 0 Å². The van der Waals surface area contributed by atoms with E-state index in [9.17, 15) is 13.2 Å². The third-order valence-corrected chi connectivity index (χ3v) is 6.32. The zero-order chi connectivity index (χ0) is 23.8. The highest BCUT2D eigenvalue weighted by Gasteiger charge is 2.14. The Bertz CT molecular complexity index is 1270. The number of anilines is 1. The Labute approximate surface area is 201 Å². The maximum absolute atomic E-state index is 12.5. The fourth-order valence-electron chi connectivity index (χ4n) is 2.75. The number of amides is 1. The Kier molecular flexibility index (Phi) is 8.02. The molecule has 0 atom stereocenters. The number of hydrogen-bond donors (Lipinski definition) is 2. The van der Waals surface area contributed by atoms with E-state index < -0.39 is 15.9 Å². The summed E-state index contributed by atoms with van der Waals surface area (Å²) in [6.45, 7) is 5.85. The van der Waals surface area contributed by atoms with E-state index in [1.54, 1.807) is 24.3 Å². The fraction of sp³-hybridized carbons (Fsp3) is 0.0833. The smallest absolute Gasteiger partial charge is 0.271 e. The van der Waals surface area contributed by atoms with Crippen molar-refractivity contribution in [3.8, 4) is 5.75 Å². The predicted molar refractivity (Wildman–Crippen MR) is 133 cm³/mol. The molecule has 170 valence electrons. The number of carbonyl (C=O) groups is 1. The molecule has 2 N–H and O–H groups in total. The molecule has 0 aliphatic rings. The molecule has 0 saturated carbocycles. The van der Waals surface area contributed by atoms with Gasteiger partial charge in [-0.05, 0) is 61.5 Å². The van der Waals surface area contributed by atoms with Gasteiger partial charge >= 0.3 is 0 Å². The Morgan fingerprint density at radius 2 is 1.79 bits per heavy atom. The van der Waals surface area contributed by atoms with Gasteiger partial charge in [-0.1, -0.05) is 46.3 Å². The average molecular weight is 528 g/mol. The highest BCUT2D eigenvalue weighted by molar-refractivity contribution is 9.10. The van der Waals surface area contributed by atoms with Gasteiger partial charge in [0.05, 0.1) is 11.1 Å².